The molecule has 13 heavy (non-hydrogen) atoms. The van der Waals surface area contributed by atoms with Gasteiger partial charge in [0.25, 0.3) is 0 Å². The van der Waals surface area contributed by atoms with Crippen molar-refractivity contribution in [1.82, 2.24) is 0 Å². The van der Waals surface area contributed by atoms with E-state index in [9.17, 15) is 4.79 Å². The van der Waals surface area contributed by atoms with Gasteiger partial charge in [-0.15, -0.1) is 0 Å². The molecule has 1 aromatic rings. The van der Waals surface area contributed by atoms with Crippen molar-refractivity contribution in [2.75, 3.05) is 0 Å². The number of halogens is 1. The fraction of sp³-hybridized carbons (Fsp3) is 0.182. The number of rotatable bonds is 3. The van der Waals surface area contributed by atoms with Gasteiger partial charge in [0.15, 0.2) is 0 Å². The summed E-state index contributed by atoms with van der Waals surface area (Å²) in [6.07, 6.45) is 3.21. The molecule has 68 valence electrons. The maximum atomic E-state index is 10.3. The first-order valence-corrected chi connectivity index (χ1v) is 4.56. The lowest BCUT2D eigenvalue weighted by atomic mass is 10.0. The molecule has 2 heteroatoms. The zero-order valence-corrected chi connectivity index (χ0v) is 8.21. The topological polar surface area (TPSA) is 17.1 Å². The molecule has 0 bridgehead atoms. The second-order valence-electron chi connectivity index (χ2n) is 2.69. The molecule has 0 radical (unpaired) electrons. The van der Waals surface area contributed by atoms with E-state index < -0.39 is 0 Å². The smallest absolute Gasteiger partial charge is 0.143 e. The predicted octanol–water partition coefficient (Wildman–Crippen LogP) is 3.33. The molecule has 0 atom stereocenters. The molecule has 0 aliphatic carbocycles. The molecule has 0 aliphatic heterocycles. The summed E-state index contributed by atoms with van der Waals surface area (Å²) in [7, 11) is 0. The van der Waals surface area contributed by atoms with Crippen molar-refractivity contribution < 1.29 is 4.79 Å². The Hall–Kier alpha value is -1.08. The molecule has 1 nitrogen and oxygen atoms in total. The van der Waals surface area contributed by atoms with Crippen LogP contribution < -0.4 is 0 Å². The largest absolute Gasteiger partial charge is 0.299 e. The third-order valence-corrected chi connectivity index (χ3v) is 2.08. The maximum absolute atomic E-state index is 10.3. The van der Waals surface area contributed by atoms with E-state index in [2.05, 4.69) is 0 Å². The molecule has 0 saturated carbocycles. The zero-order valence-electron chi connectivity index (χ0n) is 7.46. The summed E-state index contributed by atoms with van der Waals surface area (Å²) in [5.41, 5.74) is 2.03. The molecular weight excluding hydrogens is 184 g/mol. The number of hydrogen-bond acceptors (Lipinski definition) is 1. The van der Waals surface area contributed by atoms with Crippen LogP contribution in [-0.2, 0) is 4.79 Å². The van der Waals surface area contributed by atoms with E-state index in [0.717, 1.165) is 23.8 Å². The molecule has 0 spiro atoms. The molecule has 0 unspecified atom stereocenters. The van der Waals surface area contributed by atoms with Gasteiger partial charge >= 0.3 is 0 Å². The summed E-state index contributed by atoms with van der Waals surface area (Å²) in [4.78, 5) is 10.3. The highest BCUT2D eigenvalue weighted by Gasteiger charge is 1.98. The first-order valence-electron chi connectivity index (χ1n) is 4.18. The van der Waals surface area contributed by atoms with Crippen LogP contribution >= 0.6 is 11.6 Å². The summed E-state index contributed by atoms with van der Waals surface area (Å²) in [5, 5.41) is 0.697. The van der Waals surface area contributed by atoms with Gasteiger partial charge in [-0.25, -0.2) is 0 Å². The average molecular weight is 195 g/mol. The van der Waals surface area contributed by atoms with Crippen LogP contribution in [0.5, 0.6) is 0 Å². The number of aldehydes is 1. The Morgan fingerprint density at radius 1 is 1.54 bits per heavy atom. The third kappa shape index (κ3) is 2.71. The maximum Gasteiger partial charge on any atom is 0.143 e. The Bertz CT molecular complexity index is 329. The van der Waals surface area contributed by atoms with Gasteiger partial charge < -0.3 is 0 Å². The predicted molar refractivity (Wildman–Crippen MR) is 55.8 cm³/mol. The van der Waals surface area contributed by atoms with Crippen LogP contribution in [-0.4, -0.2) is 6.29 Å². The van der Waals surface area contributed by atoms with E-state index in [1.807, 2.05) is 31.2 Å². The van der Waals surface area contributed by atoms with Gasteiger partial charge in [-0.1, -0.05) is 30.7 Å². The van der Waals surface area contributed by atoms with Crippen LogP contribution in [0, 0.1) is 0 Å². The lowest BCUT2D eigenvalue weighted by Crippen LogP contribution is -1.83. The van der Waals surface area contributed by atoms with E-state index in [1.165, 1.54) is 0 Å². The molecule has 0 N–H and O–H groups in total. The molecular formula is C11H11ClO. The Labute approximate surface area is 83.0 Å². The highest BCUT2D eigenvalue weighted by molar-refractivity contribution is 6.30. The van der Waals surface area contributed by atoms with E-state index in [0.29, 0.717) is 5.02 Å². The van der Waals surface area contributed by atoms with Crippen LogP contribution in [0.15, 0.2) is 30.3 Å². The minimum absolute atomic E-state index is 0.697. The van der Waals surface area contributed by atoms with Gasteiger partial charge in [-0.05, 0) is 35.8 Å². The van der Waals surface area contributed by atoms with Crippen LogP contribution in [0.1, 0.15) is 18.9 Å². The minimum Gasteiger partial charge on any atom is -0.299 e. The van der Waals surface area contributed by atoms with Crippen LogP contribution in [0.2, 0.25) is 5.02 Å². The van der Waals surface area contributed by atoms with E-state index in [-0.39, 0.29) is 0 Å². The molecule has 0 aliphatic rings. The van der Waals surface area contributed by atoms with E-state index >= 15 is 0 Å². The molecule has 0 amide bonds. The molecule has 1 rings (SSSR count). The summed E-state index contributed by atoms with van der Waals surface area (Å²) in [5.74, 6) is 0. The zero-order chi connectivity index (χ0) is 9.68. The second kappa shape index (κ2) is 4.83. The summed E-state index contributed by atoms with van der Waals surface area (Å²) >= 11 is 5.83. The minimum atomic E-state index is 0.697. The number of carbonyl (C=O) groups is 1. The number of benzene rings is 1. The number of allylic oxidation sites excluding steroid dienone is 2. The van der Waals surface area contributed by atoms with Crippen LogP contribution in [0.25, 0.3) is 5.57 Å². The van der Waals surface area contributed by atoms with Gasteiger partial charge in [0.1, 0.15) is 6.29 Å². The average Bonchev–Trinajstić information content (AvgIpc) is 2.14. The summed E-state index contributed by atoms with van der Waals surface area (Å²) in [6.45, 7) is 2.01. The third-order valence-electron chi connectivity index (χ3n) is 1.85. The first-order chi connectivity index (χ1) is 6.27. The molecule has 0 saturated heterocycles. The van der Waals surface area contributed by atoms with Crippen LogP contribution in [0.4, 0.5) is 0 Å². The summed E-state index contributed by atoms with van der Waals surface area (Å²) in [6, 6.07) is 7.51. The van der Waals surface area contributed by atoms with Crippen molar-refractivity contribution in [3.63, 3.8) is 0 Å². The van der Waals surface area contributed by atoms with Crippen molar-refractivity contribution in [2.24, 2.45) is 0 Å². The molecule has 1 aromatic carbocycles. The van der Waals surface area contributed by atoms with Gasteiger partial charge in [0, 0.05) is 5.02 Å². The second-order valence-corrected chi connectivity index (χ2v) is 3.13. The SMILES string of the molecule is CC/C(=C/C=O)c1cccc(Cl)c1. The monoisotopic (exact) mass is 194 g/mol. The quantitative estimate of drug-likeness (QED) is 0.533. The number of hydrogen-bond donors (Lipinski definition) is 0. The fourth-order valence-electron chi connectivity index (χ4n) is 1.19. The van der Waals surface area contributed by atoms with Crippen molar-refractivity contribution >= 4 is 23.5 Å². The van der Waals surface area contributed by atoms with Crippen molar-refractivity contribution in [1.29, 1.82) is 0 Å². The standard InChI is InChI=1S/C11H11ClO/c1-2-9(6-7-13)10-4-3-5-11(12)8-10/h3-8H,2H2,1H3/b9-6-. The van der Waals surface area contributed by atoms with Crippen LogP contribution in [0.3, 0.4) is 0 Å². The Morgan fingerprint density at radius 3 is 2.85 bits per heavy atom. The lowest BCUT2D eigenvalue weighted by Gasteiger charge is -2.03. The van der Waals surface area contributed by atoms with Gasteiger partial charge in [0.2, 0.25) is 0 Å². The Balaban J connectivity index is 3.05. The highest BCUT2D eigenvalue weighted by atomic mass is 35.5. The van der Waals surface area contributed by atoms with Gasteiger partial charge in [0.05, 0.1) is 0 Å². The van der Waals surface area contributed by atoms with E-state index in [1.54, 1.807) is 6.08 Å². The summed E-state index contributed by atoms with van der Waals surface area (Å²) < 4.78 is 0. The van der Waals surface area contributed by atoms with Crippen molar-refractivity contribution in [2.45, 2.75) is 13.3 Å². The van der Waals surface area contributed by atoms with Gasteiger partial charge in [-0.3, -0.25) is 4.79 Å². The molecule has 0 fully saturated rings. The Kier molecular flexibility index (Phi) is 3.71. The van der Waals surface area contributed by atoms with E-state index in [4.69, 9.17) is 11.6 Å². The van der Waals surface area contributed by atoms with Crippen molar-refractivity contribution in [3.8, 4) is 0 Å². The fourth-order valence-corrected chi connectivity index (χ4v) is 1.38. The Morgan fingerprint density at radius 2 is 2.31 bits per heavy atom. The molecule has 0 aromatic heterocycles. The lowest BCUT2D eigenvalue weighted by molar-refractivity contribution is -0.104. The van der Waals surface area contributed by atoms with Crippen molar-refractivity contribution in [3.05, 3.63) is 40.9 Å². The van der Waals surface area contributed by atoms with Gasteiger partial charge in [-0.2, -0.15) is 0 Å². The highest BCUT2D eigenvalue weighted by Crippen LogP contribution is 2.20. The normalized spacial score (nSPS) is 11.4. The first kappa shape index (κ1) is 10.0. The number of carbonyl (C=O) groups excluding carboxylic acids is 1. The molecule has 0 heterocycles.